The minimum Gasteiger partial charge on any atom is -0.496 e. The fourth-order valence-electron chi connectivity index (χ4n) is 2.84. The Labute approximate surface area is 163 Å². The summed E-state index contributed by atoms with van der Waals surface area (Å²) in [5, 5.41) is 8.46. The number of hydrogen-bond donors (Lipinski definition) is 2. The number of hydrogen-bond acceptors (Lipinski definition) is 4. The molecule has 0 aliphatic heterocycles. The van der Waals surface area contributed by atoms with Crippen LogP contribution in [-0.4, -0.2) is 31.7 Å². The second-order valence-electron chi connectivity index (χ2n) is 6.09. The predicted octanol–water partition coefficient (Wildman–Crippen LogP) is 2.66. The van der Waals surface area contributed by atoms with E-state index in [0.29, 0.717) is 18.7 Å². The van der Waals surface area contributed by atoms with Crippen molar-refractivity contribution in [2.75, 3.05) is 13.7 Å². The molecule has 0 saturated carbocycles. The fourth-order valence-corrected chi connectivity index (χ4v) is 2.84. The maximum Gasteiger partial charge on any atom is 0.329 e. The number of carbonyl (C=O) groups excluding carboxylic acids is 2. The summed E-state index contributed by atoms with van der Waals surface area (Å²) in [4.78, 5) is 23.8. The first-order valence-electron chi connectivity index (χ1n) is 8.90. The van der Waals surface area contributed by atoms with E-state index < -0.39 is 11.8 Å². The van der Waals surface area contributed by atoms with Crippen molar-refractivity contribution >= 4 is 28.8 Å². The Morgan fingerprint density at radius 1 is 0.964 bits per heavy atom. The zero-order valence-corrected chi connectivity index (χ0v) is 15.5. The number of methoxy groups -OCH3 is 1. The van der Waals surface area contributed by atoms with Crippen LogP contribution in [0, 0.1) is 0 Å². The summed E-state index contributed by atoms with van der Waals surface area (Å²) < 4.78 is 5.37. The summed E-state index contributed by atoms with van der Waals surface area (Å²) in [5.74, 6) is -0.912. The Morgan fingerprint density at radius 2 is 1.71 bits per heavy atom. The molecule has 3 aromatic rings. The van der Waals surface area contributed by atoms with Gasteiger partial charge in [0.05, 0.1) is 13.3 Å². The molecule has 0 fully saturated rings. The molecule has 3 aromatic carbocycles. The van der Waals surface area contributed by atoms with Gasteiger partial charge in [0.2, 0.25) is 0 Å². The normalized spacial score (nSPS) is 10.8. The van der Waals surface area contributed by atoms with Gasteiger partial charge in [0.15, 0.2) is 0 Å². The standard InChI is InChI=1S/C22H21N3O3/c1-28-20-12-11-17-9-5-6-10-18(17)19(20)15-24-25-22(27)21(26)23-14-13-16-7-3-2-4-8-16/h2-12,15H,13-14H2,1H3,(H,23,26)(H,25,27)/b24-15-. The van der Waals surface area contributed by atoms with Gasteiger partial charge >= 0.3 is 11.8 Å². The number of fused-ring (bicyclic) bond motifs is 1. The molecule has 0 heterocycles. The molecule has 3 rings (SSSR count). The van der Waals surface area contributed by atoms with Crippen molar-refractivity contribution in [3.63, 3.8) is 0 Å². The molecule has 2 amide bonds. The van der Waals surface area contributed by atoms with Crippen molar-refractivity contribution in [2.45, 2.75) is 6.42 Å². The van der Waals surface area contributed by atoms with Crippen LogP contribution < -0.4 is 15.5 Å². The van der Waals surface area contributed by atoms with Gasteiger partial charge in [-0.1, -0.05) is 60.7 Å². The highest BCUT2D eigenvalue weighted by molar-refractivity contribution is 6.35. The van der Waals surface area contributed by atoms with Crippen LogP contribution in [0.15, 0.2) is 71.8 Å². The summed E-state index contributed by atoms with van der Waals surface area (Å²) in [7, 11) is 1.57. The molecule has 0 saturated heterocycles. The minimum atomic E-state index is -0.816. The van der Waals surface area contributed by atoms with Gasteiger partial charge in [-0.3, -0.25) is 9.59 Å². The SMILES string of the molecule is COc1ccc2ccccc2c1/C=N\NC(=O)C(=O)NCCc1ccccc1. The van der Waals surface area contributed by atoms with Gasteiger partial charge in [-0.15, -0.1) is 0 Å². The Morgan fingerprint density at radius 3 is 2.50 bits per heavy atom. The molecule has 6 nitrogen and oxygen atoms in total. The van der Waals surface area contributed by atoms with Crippen molar-refractivity contribution in [3.05, 3.63) is 77.9 Å². The lowest BCUT2D eigenvalue weighted by Gasteiger charge is -2.08. The van der Waals surface area contributed by atoms with E-state index in [1.54, 1.807) is 7.11 Å². The second-order valence-corrected chi connectivity index (χ2v) is 6.09. The number of nitrogens with one attached hydrogen (secondary N) is 2. The number of carbonyl (C=O) groups is 2. The van der Waals surface area contributed by atoms with Crippen molar-refractivity contribution in [1.82, 2.24) is 10.7 Å². The highest BCUT2D eigenvalue weighted by Gasteiger charge is 2.12. The Bertz CT molecular complexity index is 1000. The molecule has 0 spiro atoms. The zero-order valence-electron chi connectivity index (χ0n) is 15.5. The lowest BCUT2D eigenvalue weighted by molar-refractivity contribution is -0.139. The summed E-state index contributed by atoms with van der Waals surface area (Å²) >= 11 is 0. The molecule has 142 valence electrons. The third-order valence-corrected chi connectivity index (χ3v) is 4.26. The number of benzene rings is 3. The van der Waals surface area contributed by atoms with Crippen LogP contribution >= 0.6 is 0 Å². The van der Waals surface area contributed by atoms with Gasteiger partial charge in [0.1, 0.15) is 5.75 Å². The molecule has 2 N–H and O–H groups in total. The van der Waals surface area contributed by atoms with E-state index >= 15 is 0 Å². The van der Waals surface area contributed by atoms with Gasteiger partial charge in [-0.05, 0) is 28.8 Å². The van der Waals surface area contributed by atoms with E-state index in [2.05, 4.69) is 15.8 Å². The number of ether oxygens (including phenoxy) is 1. The van der Waals surface area contributed by atoms with Crippen molar-refractivity contribution < 1.29 is 14.3 Å². The monoisotopic (exact) mass is 375 g/mol. The van der Waals surface area contributed by atoms with Crippen LogP contribution in [0.3, 0.4) is 0 Å². The molecule has 0 unspecified atom stereocenters. The van der Waals surface area contributed by atoms with Gasteiger partial charge < -0.3 is 10.1 Å². The van der Waals surface area contributed by atoms with E-state index in [1.165, 1.54) is 6.21 Å². The largest absolute Gasteiger partial charge is 0.496 e. The van der Waals surface area contributed by atoms with Crippen LogP contribution in [-0.2, 0) is 16.0 Å². The van der Waals surface area contributed by atoms with E-state index in [9.17, 15) is 9.59 Å². The smallest absolute Gasteiger partial charge is 0.329 e. The fraction of sp³-hybridized carbons (Fsp3) is 0.136. The first kappa shape index (κ1) is 19.1. The molecule has 0 radical (unpaired) electrons. The minimum absolute atomic E-state index is 0.372. The van der Waals surface area contributed by atoms with E-state index in [0.717, 1.165) is 21.9 Å². The number of nitrogens with zero attached hydrogens (tertiary/aromatic N) is 1. The van der Waals surface area contributed by atoms with Crippen LogP contribution in [0.1, 0.15) is 11.1 Å². The summed E-state index contributed by atoms with van der Waals surface area (Å²) in [6.45, 7) is 0.372. The van der Waals surface area contributed by atoms with Gasteiger partial charge in [-0.25, -0.2) is 5.43 Å². The third-order valence-electron chi connectivity index (χ3n) is 4.26. The van der Waals surface area contributed by atoms with Crippen molar-refractivity contribution in [3.8, 4) is 5.75 Å². The first-order valence-corrected chi connectivity index (χ1v) is 8.90. The van der Waals surface area contributed by atoms with Crippen LogP contribution in [0.25, 0.3) is 10.8 Å². The molecular formula is C22H21N3O3. The summed E-state index contributed by atoms with van der Waals surface area (Å²) in [5.41, 5.74) is 4.07. The Hall–Kier alpha value is -3.67. The number of hydrazone groups is 1. The topological polar surface area (TPSA) is 79.8 Å². The maximum absolute atomic E-state index is 11.9. The molecule has 0 aliphatic carbocycles. The lowest BCUT2D eigenvalue weighted by Crippen LogP contribution is -2.38. The maximum atomic E-state index is 11.9. The molecule has 0 aromatic heterocycles. The average Bonchev–Trinajstić information content (AvgIpc) is 2.74. The zero-order chi connectivity index (χ0) is 19.8. The molecule has 0 bridgehead atoms. The predicted molar refractivity (Wildman–Crippen MR) is 109 cm³/mol. The van der Waals surface area contributed by atoms with Crippen LogP contribution in [0.4, 0.5) is 0 Å². The molecule has 6 heteroatoms. The lowest BCUT2D eigenvalue weighted by atomic mass is 10.0. The summed E-state index contributed by atoms with van der Waals surface area (Å²) in [6, 6.07) is 21.3. The highest BCUT2D eigenvalue weighted by Crippen LogP contribution is 2.26. The quantitative estimate of drug-likeness (QED) is 0.395. The second kappa shape index (κ2) is 9.32. The van der Waals surface area contributed by atoms with E-state index in [1.807, 2.05) is 66.7 Å². The van der Waals surface area contributed by atoms with Crippen molar-refractivity contribution in [1.29, 1.82) is 0 Å². The van der Waals surface area contributed by atoms with Crippen molar-refractivity contribution in [2.24, 2.45) is 5.10 Å². The van der Waals surface area contributed by atoms with Gasteiger partial charge in [0, 0.05) is 12.1 Å². The third kappa shape index (κ3) is 4.73. The molecule has 0 aliphatic rings. The van der Waals surface area contributed by atoms with Gasteiger partial charge in [0.25, 0.3) is 0 Å². The number of rotatable bonds is 6. The molecule has 0 atom stereocenters. The van der Waals surface area contributed by atoms with Crippen LogP contribution in [0.5, 0.6) is 5.75 Å². The Balaban J connectivity index is 1.59. The Kier molecular flexibility index (Phi) is 6.36. The first-order chi connectivity index (χ1) is 13.7. The van der Waals surface area contributed by atoms with E-state index in [4.69, 9.17) is 4.74 Å². The summed E-state index contributed by atoms with van der Waals surface area (Å²) in [6.07, 6.45) is 2.13. The van der Waals surface area contributed by atoms with Gasteiger partial charge in [-0.2, -0.15) is 5.10 Å². The number of amides is 2. The van der Waals surface area contributed by atoms with Crippen LogP contribution in [0.2, 0.25) is 0 Å². The molecule has 28 heavy (non-hydrogen) atoms. The average molecular weight is 375 g/mol. The van der Waals surface area contributed by atoms with E-state index in [-0.39, 0.29) is 0 Å². The molecular weight excluding hydrogens is 354 g/mol. The highest BCUT2D eigenvalue weighted by atomic mass is 16.5.